The highest BCUT2D eigenvalue weighted by atomic mass is 16.2. The summed E-state index contributed by atoms with van der Waals surface area (Å²) in [6.45, 7) is 6.03. The SMILES string of the molecule is CC(C)C1CCNC(=O)NC1. The predicted molar refractivity (Wildman–Crippen MR) is 44.3 cm³/mol. The lowest BCUT2D eigenvalue weighted by molar-refractivity contribution is 0.242. The Labute approximate surface area is 67.5 Å². The van der Waals surface area contributed by atoms with Gasteiger partial charge >= 0.3 is 6.03 Å². The van der Waals surface area contributed by atoms with Gasteiger partial charge in [0.25, 0.3) is 0 Å². The first-order valence-electron chi connectivity index (χ1n) is 4.22. The fourth-order valence-electron chi connectivity index (χ4n) is 1.33. The van der Waals surface area contributed by atoms with Gasteiger partial charge in [-0.05, 0) is 18.3 Å². The Morgan fingerprint density at radius 2 is 2.18 bits per heavy atom. The van der Waals surface area contributed by atoms with Crippen LogP contribution in [0.5, 0.6) is 0 Å². The largest absolute Gasteiger partial charge is 0.338 e. The molecule has 0 spiro atoms. The van der Waals surface area contributed by atoms with Crippen molar-refractivity contribution in [2.45, 2.75) is 20.3 Å². The molecule has 1 fully saturated rings. The van der Waals surface area contributed by atoms with Crippen molar-refractivity contribution in [2.75, 3.05) is 13.1 Å². The Kier molecular flexibility index (Phi) is 2.74. The van der Waals surface area contributed by atoms with Crippen molar-refractivity contribution >= 4 is 6.03 Å². The van der Waals surface area contributed by atoms with Gasteiger partial charge in [-0.2, -0.15) is 0 Å². The number of urea groups is 1. The molecule has 1 saturated heterocycles. The van der Waals surface area contributed by atoms with E-state index in [0.29, 0.717) is 11.8 Å². The monoisotopic (exact) mass is 156 g/mol. The summed E-state index contributed by atoms with van der Waals surface area (Å²) in [6, 6.07) is -0.0202. The Bertz CT molecular complexity index is 145. The van der Waals surface area contributed by atoms with Crippen molar-refractivity contribution in [1.29, 1.82) is 0 Å². The van der Waals surface area contributed by atoms with E-state index in [2.05, 4.69) is 24.5 Å². The maximum absolute atomic E-state index is 10.8. The number of hydrogen-bond donors (Lipinski definition) is 2. The third-order valence-electron chi connectivity index (χ3n) is 2.27. The van der Waals surface area contributed by atoms with Crippen molar-refractivity contribution in [3.8, 4) is 0 Å². The second-order valence-corrected chi connectivity index (χ2v) is 3.43. The summed E-state index contributed by atoms with van der Waals surface area (Å²) in [5.74, 6) is 1.30. The van der Waals surface area contributed by atoms with E-state index in [-0.39, 0.29) is 6.03 Å². The Morgan fingerprint density at radius 3 is 2.82 bits per heavy atom. The van der Waals surface area contributed by atoms with E-state index >= 15 is 0 Å². The lowest BCUT2D eigenvalue weighted by atomic mass is 9.93. The van der Waals surface area contributed by atoms with Crippen LogP contribution in [0.2, 0.25) is 0 Å². The minimum absolute atomic E-state index is 0.0202. The van der Waals surface area contributed by atoms with E-state index in [1.54, 1.807) is 0 Å². The van der Waals surface area contributed by atoms with Crippen molar-refractivity contribution in [2.24, 2.45) is 11.8 Å². The molecule has 3 nitrogen and oxygen atoms in total. The molecule has 0 bridgehead atoms. The average molecular weight is 156 g/mol. The van der Waals surface area contributed by atoms with Gasteiger partial charge in [-0.3, -0.25) is 0 Å². The maximum atomic E-state index is 10.8. The Hall–Kier alpha value is -0.730. The first-order chi connectivity index (χ1) is 5.20. The zero-order chi connectivity index (χ0) is 8.27. The van der Waals surface area contributed by atoms with Gasteiger partial charge in [0, 0.05) is 13.1 Å². The van der Waals surface area contributed by atoms with Gasteiger partial charge in [-0.15, -0.1) is 0 Å². The molecule has 0 aromatic carbocycles. The van der Waals surface area contributed by atoms with E-state index in [1.165, 1.54) is 0 Å². The molecule has 64 valence electrons. The molecule has 2 amide bonds. The van der Waals surface area contributed by atoms with Gasteiger partial charge in [0.2, 0.25) is 0 Å². The van der Waals surface area contributed by atoms with Crippen LogP contribution in [0.1, 0.15) is 20.3 Å². The Balaban J connectivity index is 2.40. The third kappa shape index (κ3) is 2.41. The molecule has 1 aliphatic rings. The highest BCUT2D eigenvalue weighted by molar-refractivity contribution is 5.73. The molecule has 3 heteroatoms. The van der Waals surface area contributed by atoms with E-state index in [4.69, 9.17) is 0 Å². The summed E-state index contributed by atoms with van der Waals surface area (Å²) in [6.07, 6.45) is 1.09. The molecule has 1 atom stereocenters. The minimum Gasteiger partial charge on any atom is -0.338 e. The zero-order valence-corrected chi connectivity index (χ0v) is 7.18. The van der Waals surface area contributed by atoms with Crippen LogP contribution in [-0.2, 0) is 0 Å². The second-order valence-electron chi connectivity index (χ2n) is 3.43. The maximum Gasteiger partial charge on any atom is 0.314 e. The summed E-state index contributed by atoms with van der Waals surface area (Å²) in [7, 11) is 0. The van der Waals surface area contributed by atoms with E-state index < -0.39 is 0 Å². The van der Waals surface area contributed by atoms with E-state index in [0.717, 1.165) is 19.5 Å². The summed E-state index contributed by atoms with van der Waals surface area (Å²) >= 11 is 0. The molecular formula is C8H16N2O. The van der Waals surface area contributed by atoms with Crippen LogP contribution in [0.3, 0.4) is 0 Å². The molecule has 11 heavy (non-hydrogen) atoms. The van der Waals surface area contributed by atoms with Crippen LogP contribution in [0, 0.1) is 11.8 Å². The van der Waals surface area contributed by atoms with Crippen LogP contribution < -0.4 is 10.6 Å². The van der Waals surface area contributed by atoms with Crippen LogP contribution in [0.15, 0.2) is 0 Å². The number of carbonyl (C=O) groups excluding carboxylic acids is 1. The van der Waals surface area contributed by atoms with Gasteiger partial charge in [-0.25, -0.2) is 4.79 Å². The van der Waals surface area contributed by atoms with Crippen LogP contribution >= 0.6 is 0 Å². The summed E-state index contributed by atoms with van der Waals surface area (Å²) < 4.78 is 0. The van der Waals surface area contributed by atoms with Gasteiger partial charge in [0.1, 0.15) is 0 Å². The second kappa shape index (κ2) is 3.60. The average Bonchev–Trinajstić information content (AvgIpc) is 2.13. The molecule has 0 aliphatic carbocycles. The van der Waals surface area contributed by atoms with E-state index in [1.807, 2.05) is 0 Å². The smallest absolute Gasteiger partial charge is 0.314 e. The molecular weight excluding hydrogens is 140 g/mol. The predicted octanol–water partition coefficient (Wildman–Crippen LogP) is 0.961. The number of carbonyl (C=O) groups is 1. The molecule has 0 aromatic heterocycles. The highest BCUT2D eigenvalue weighted by Crippen LogP contribution is 2.14. The summed E-state index contributed by atoms with van der Waals surface area (Å²) in [5, 5.41) is 5.61. The van der Waals surface area contributed by atoms with Gasteiger partial charge < -0.3 is 10.6 Å². The molecule has 1 aliphatic heterocycles. The first kappa shape index (κ1) is 8.37. The fourth-order valence-corrected chi connectivity index (χ4v) is 1.33. The zero-order valence-electron chi connectivity index (χ0n) is 7.18. The fraction of sp³-hybridized carbons (Fsp3) is 0.875. The highest BCUT2D eigenvalue weighted by Gasteiger charge is 2.17. The Morgan fingerprint density at radius 1 is 1.45 bits per heavy atom. The van der Waals surface area contributed by atoms with E-state index in [9.17, 15) is 4.79 Å². The van der Waals surface area contributed by atoms with Gasteiger partial charge in [0.15, 0.2) is 0 Å². The van der Waals surface area contributed by atoms with Crippen molar-refractivity contribution < 1.29 is 4.79 Å². The molecule has 2 N–H and O–H groups in total. The number of rotatable bonds is 1. The van der Waals surface area contributed by atoms with Crippen LogP contribution in [-0.4, -0.2) is 19.1 Å². The lowest BCUT2D eigenvalue weighted by Gasteiger charge is -2.16. The summed E-state index contributed by atoms with van der Waals surface area (Å²) in [4.78, 5) is 10.8. The summed E-state index contributed by atoms with van der Waals surface area (Å²) in [5.41, 5.74) is 0. The molecule has 0 aromatic rings. The molecule has 1 rings (SSSR count). The van der Waals surface area contributed by atoms with Crippen LogP contribution in [0.25, 0.3) is 0 Å². The van der Waals surface area contributed by atoms with Gasteiger partial charge in [0.05, 0.1) is 0 Å². The molecule has 0 radical (unpaired) electrons. The topological polar surface area (TPSA) is 41.1 Å². The normalized spacial score (nSPS) is 25.7. The van der Waals surface area contributed by atoms with Crippen LogP contribution in [0.4, 0.5) is 4.79 Å². The lowest BCUT2D eigenvalue weighted by Crippen LogP contribution is -2.34. The van der Waals surface area contributed by atoms with Gasteiger partial charge in [-0.1, -0.05) is 13.8 Å². The standard InChI is InChI=1S/C8H16N2O/c1-6(2)7-3-4-9-8(11)10-5-7/h6-7H,3-5H2,1-2H3,(H2,9,10,11). The molecule has 1 unspecified atom stereocenters. The van der Waals surface area contributed by atoms with Crippen molar-refractivity contribution in [1.82, 2.24) is 10.6 Å². The number of amides is 2. The number of nitrogens with one attached hydrogen (secondary N) is 2. The molecule has 0 saturated carbocycles. The number of hydrogen-bond acceptors (Lipinski definition) is 1. The van der Waals surface area contributed by atoms with Crippen molar-refractivity contribution in [3.05, 3.63) is 0 Å². The molecule has 1 heterocycles. The third-order valence-corrected chi connectivity index (χ3v) is 2.27. The van der Waals surface area contributed by atoms with Crippen molar-refractivity contribution in [3.63, 3.8) is 0 Å². The first-order valence-corrected chi connectivity index (χ1v) is 4.22. The quantitative estimate of drug-likeness (QED) is 0.583. The minimum atomic E-state index is -0.0202.